The molecular weight excluding hydrogens is 266 g/mol. The van der Waals surface area contributed by atoms with Crippen molar-refractivity contribution >= 4 is 29.1 Å². The number of hydrogen-bond acceptors (Lipinski definition) is 3. The largest absolute Gasteiger partial charge is 0.351 e. The van der Waals surface area contributed by atoms with E-state index >= 15 is 0 Å². The molecular formula is C13H16ClN3O2. The van der Waals surface area contributed by atoms with E-state index in [1.165, 1.54) is 0 Å². The van der Waals surface area contributed by atoms with E-state index in [0.29, 0.717) is 10.6 Å². The Morgan fingerprint density at radius 2 is 1.95 bits per heavy atom. The van der Waals surface area contributed by atoms with Gasteiger partial charge in [0.05, 0.1) is 10.6 Å². The maximum atomic E-state index is 11.8. The predicted octanol–water partition coefficient (Wildman–Crippen LogP) is 1.97. The summed E-state index contributed by atoms with van der Waals surface area (Å²) >= 11 is 5.89. The van der Waals surface area contributed by atoms with Gasteiger partial charge in [0.1, 0.15) is 0 Å². The van der Waals surface area contributed by atoms with Crippen LogP contribution in [0.4, 0.5) is 0 Å². The van der Waals surface area contributed by atoms with Gasteiger partial charge in [-0.2, -0.15) is 5.10 Å². The number of benzene rings is 1. The van der Waals surface area contributed by atoms with E-state index in [1.54, 1.807) is 38.1 Å². The molecule has 1 rings (SSSR count). The molecule has 5 nitrogen and oxygen atoms in total. The first-order valence-electron chi connectivity index (χ1n) is 5.83. The Labute approximate surface area is 117 Å². The maximum Gasteiger partial charge on any atom is 0.252 e. The van der Waals surface area contributed by atoms with E-state index in [9.17, 15) is 9.59 Å². The number of amides is 2. The highest BCUT2D eigenvalue weighted by Gasteiger charge is 2.09. The van der Waals surface area contributed by atoms with Gasteiger partial charge in [-0.1, -0.05) is 23.7 Å². The molecule has 0 spiro atoms. The summed E-state index contributed by atoms with van der Waals surface area (Å²) in [6.45, 7) is 3.78. The number of halogens is 1. The Hall–Kier alpha value is -1.88. The van der Waals surface area contributed by atoms with Crippen molar-refractivity contribution in [1.29, 1.82) is 0 Å². The highest BCUT2D eigenvalue weighted by molar-refractivity contribution is 6.33. The first kappa shape index (κ1) is 15.2. The second-order valence-electron chi connectivity index (χ2n) is 4.08. The van der Waals surface area contributed by atoms with Gasteiger partial charge in [0.25, 0.3) is 5.91 Å². The summed E-state index contributed by atoms with van der Waals surface area (Å²) in [5.41, 5.74) is 3.53. The molecule has 1 aromatic rings. The third-order valence-corrected chi connectivity index (χ3v) is 2.49. The number of hydrazone groups is 1. The van der Waals surface area contributed by atoms with Gasteiger partial charge in [0.2, 0.25) is 5.91 Å². The highest BCUT2D eigenvalue weighted by Crippen LogP contribution is 2.14. The van der Waals surface area contributed by atoms with Crippen molar-refractivity contribution in [2.24, 2.45) is 5.10 Å². The lowest BCUT2D eigenvalue weighted by Gasteiger charge is -2.06. The molecule has 0 atom stereocenters. The molecule has 0 radical (unpaired) electrons. The van der Waals surface area contributed by atoms with Crippen molar-refractivity contribution in [2.75, 3.05) is 6.54 Å². The van der Waals surface area contributed by atoms with E-state index in [1.807, 2.05) is 0 Å². The average molecular weight is 282 g/mol. The van der Waals surface area contributed by atoms with Gasteiger partial charge in [-0.3, -0.25) is 9.59 Å². The summed E-state index contributed by atoms with van der Waals surface area (Å²) in [6.07, 6.45) is 0.160. The molecule has 0 aliphatic carbocycles. The fourth-order valence-corrected chi connectivity index (χ4v) is 1.48. The number of carbonyl (C=O) groups is 2. The number of nitrogens with one attached hydrogen (secondary N) is 2. The number of carbonyl (C=O) groups excluding carboxylic acids is 2. The molecule has 0 aliphatic rings. The van der Waals surface area contributed by atoms with Gasteiger partial charge in [0, 0.05) is 18.7 Å². The van der Waals surface area contributed by atoms with Crippen LogP contribution in [0.1, 0.15) is 30.6 Å². The smallest absolute Gasteiger partial charge is 0.252 e. The fraction of sp³-hybridized carbons (Fsp3) is 0.308. The van der Waals surface area contributed by atoms with Gasteiger partial charge in [0.15, 0.2) is 0 Å². The summed E-state index contributed by atoms with van der Waals surface area (Å²) < 4.78 is 0. The van der Waals surface area contributed by atoms with E-state index in [-0.39, 0.29) is 24.8 Å². The van der Waals surface area contributed by atoms with Crippen molar-refractivity contribution in [3.8, 4) is 0 Å². The molecule has 0 saturated heterocycles. The monoisotopic (exact) mass is 281 g/mol. The van der Waals surface area contributed by atoms with Gasteiger partial charge >= 0.3 is 0 Å². The minimum absolute atomic E-state index is 0.160. The first-order valence-corrected chi connectivity index (χ1v) is 6.21. The molecule has 0 unspecified atom stereocenters. The molecule has 19 heavy (non-hydrogen) atoms. The molecule has 0 fully saturated rings. The zero-order valence-electron chi connectivity index (χ0n) is 10.9. The van der Waals surface area contributed by atoms with Crippen LogP contribution in [-0.4, -0.2) is 24.1 Å². The summed E-state index contributed by atoms with van der Waals surface area (Å²) in [6, 6.07) is 6.74. The van der Waals surface area contributed by atoms with Crippen molar-refractivity contribution in [3.05, 3.63) is 34.9 Å². The summed E-state index contributed by atoms with van der Waals surface area (Å²) in [7, 11) is 0. The van der Waals surface area contributed by atoms with Gasteiger partial charge in [-0.25, -0.2) is 5.43 Å². The van der Waals surface area contributed by atoms with E-state index in [2.05, 4.69) is 15.8 Å². The van der Waals surface area contributed by atoms with Crippen LogP contribution in [0.25, 0.3) is 0 Å². The Bertz CT molecular complexity index is 496. The van der Waals surface area contributed by atoms with E-state index in [4.69, 9.17) is 11.6 Å². The molecule has 0 bridgehead atoms. The number of rotatable bonds is 5. The Kier molecular flexibility index (Phi) is 6.02. The summed E-state index contributed by atoms with van der Waals surface area (Å²) in [5, 5.41) is 6.79. The van der Waals surface area contributed by atoms with Gasteiger partial charge in [-0.05, 0) is 26.0 Å². The van der Waals surface area contributed by atoms with Crippen molar-refractivity contribution in [3.63, 3.8) is 0 Å². The molecule has 1 aromatic carbocycles. The summed E-state index contributed by atoms with van der Waals surface area (Å²) in [5.74, 6) is -0.547. The predicted molar refractivity (Wildman–Crippen MR) is 75.3 cm³/mol. The normalized spacial score (nSPS) is 9.63. The number of nitrogens with zero attached hydrogens (tertiary/aromatic N) is 1. The number of hydrogen-bond donors (Lipinski definition) is 2. The van der Waals surface area contributed by atoms with Gasteiger partial charge < -0.3 is 5.32 Å². The molecule has 0 heterocycles. The van der Waals surface area contributed by atoms with Crippen molar-refractivity contribution in [1.82, 2.24) is 10.7 Å². The average Bonchev–Trinajstić information content (AvgIpc) is 2.36. The van der Waals surface area contributed by atoms with Crippen LogP contribution in [-0.2, 0) is 4.79 Å². The quantitative estimate of drug-likeness (QED) is 0.640. The second-order valence-corrected chi connectivity index (χ2v) is 4.49. The standard InChI is InChI=1S/C13H16ClN3O2/c1-9(2)16-17-12(18)7-8-15-13(19)10-5-3-4-6-11(10)14/h3-6H,7-8H2,1-2H3,(H,15,19)(H,17,18). The lowest BCUT2D eigenvalue weighted by Crippen LogP contribution is -2.29. The van der Waals surface area contributed by atoms with Crippen LogP contribution >= 0.6 is 11.6 Å². The Balaban J connectivity index is 2.38. The highest BCUT2D eigenvalue weighted by atomic mass is 35.5. The van der Waals surface area contributed by atoms with Crippen LogP contribution in [0.3, 0.4) is 0 Å². The van der Waals surface area contributed by atoms with E-state index < -0.39 is 0 Å². The Morgan fingerprint density at radius 3 is 2.58 bits per heavy atom. The Morgan fingerprint density at radius 1 is 1.26 bits per heavy atom. The lowest BCUT2D eigenvalue weighted by molar-refractivity contribution is -0.120. The third-order valence-electron chi connectivity index (χ3n) is 2.16. The topological polar surface area (TPSA) is 70.6 Å². The van der Waals surface area contributed by atoms with Crippen LogP contribution in [0.2, 0.25) is 5.02 Å². The molecule has 2 amide bonds. The van der Waals surface area contributed by atoms with Crippen LogP contribution in [0.5, 0.6) is 0 Å². The van der Waals surface area contributed by atoms with Crippen molar-refractivity contribution < 1.29 is 9.59 Å². The lowest BCUT2D eigenvalue weighted by atomic mass is 10.2. The molecule has 6 heteroatoms. The minimum Gasteiger partial charge on any atom is -0.351 e. The zero-order valence-corrected chi connectivity index (χ0v) is 11.6. The molecule has 0 aliphatic heterocycles. The molecule has 0 saturated carbocycles. The molecule has 102 valence electrons. The van der Waals surface area contributed by atoms with Gasteiger partial charge in [-0.15, -0.1) is 0 Å². The fourth-order valence-electron chi connectivity index (χ4n) is 1.26. The summed E-state index contributed by atoms with van der Waals surface area (Å²) in [4.78, 5) is 23.1. The van der Waals surface area contributed by atoms with Crippen LogP contribution < -0.4 is 10.7 Å². The van der Waals surface area contributed by atoms with Crippen molar-refractivity contribution in [2.45, 2.75) is 20.3 Å². The van der Waals surface area contributed by atoms with Crippen LogP contribution in [0, 0.1) is 0 Å². The molecule has 0 aromatic heterocycles. The van der Waals surface area contributed by atoms with Crippen LogP contribution in [0.15, 0.2) is 29.4 Å². The minimum atomic E-state index is -0.298. The maximum absolute atomic E-state index is 11.8. The first-order chi connectivity index (χ1) is 9.00. The van der Waals surface area contributed by atoms with E-state index in [0.717, 1.165) is 5.71 Å². The molecule has 2 N–H and O–H groups in total. The SMILES string of the molecule is CC(C)=NNC(=O)CCNC(=O)c1ccccc1Cl. The third kappa shape index (κ3) is 5.52. The second kappa shape index (κ2) is 7.53. The zero-order chi connectivity index (χ0) is 14.3.